The molecular formula is C19H17ClN2O4S. The van der Waals surface area contributed by atoms with Crippen molar-refractivity contribution >= 4 is 40.0 Å². The molecule has 0 fully saturated rings. The van der Waals surface area contributed by atoms with Gasteiger partial charge in [-0.25, -0.2) is 4.79 Å². The number of hydrogen-bond donors (Lipinski definition) is 1. The van der Waals surface area contributed by atoms with E-state index in [1.54, 1.807) is 25.1 Å². The van der Waals surface area contributed by atoms with Crippen molar-refractivity contribution in [3.05, 3.63) is 58.6 Å². The van der Waals surface area contributed by atoms with Crippen molar-refractivity contribution in [3.63, 3.8) is 0 Å². The first-order valence-corrected chi connectivity index (χ1v) is 9.76. The Morgan fingerprint density at radius 2 is 2.00 bits per heavy atom. The lowest BCUT2D eigenvalue weighted by molar-refractivity contribution is -0.123. The molecule has 27 heavy (non-hydrogen) atoms. The molecule has 0 spiro atoms. The van der Waals surface area contributed by atoms with Crippen LogP contribution in [0.4, 0.5) is 5.69 Å². The molecule has 0 aliphatic heterocycles. The molecule has 2 aromatic carbocycles. The van der Waals surface area contributed by atoms with Crippen molar-refractivity contribution in [3.8, 4) is 6.07 Å². The van der Waals surface area contributed by atoms with Crippen LogP contribution in [-0.4, -0.2) is 27.9 Å². The van der Waals surface area contributed by atoms with Crippen molar-refractivity contribution < 1.29 is 18.5 Å². The summed E-state index contributed by atoms with van der Waals surface area (Å²) in [7, 11) is -1.33. The second-order valence-electron chi connectivity index (χ2n) is 5.47. The molecule has 0 aliphatic carbocycles. The summed E-state index contributed by atoms with van der Waals surface area (Å²) in [5.41, 5.74) is 0.827. The molecule has 0 saturated carbocycles. The van der Waals surface area contributed by atoms with Crippen LogP contribution in [0.2, 0.25) is 5.02 Å². The lowest BCUT2D eigenvalue weighted by Crippen LogP contribution is -2.30. The van der Waals surface area contributed by atoms with Gasteiger partial charge in [0.1, 0.15) is 6.07 Å². The molecule has 0 radical (unpaired) electrons. The summed E-state index contributed by atoms with van der Waals surface area (Å²) < 4.78 is 17.3. The van der Waals surface area contributed by atoms with E-state index in [0.29, 0.717) is 16.3 Å². The number of carbonyl (C=O) groups excluding carboxylic acids is 2. The van der Waals surface area contributed by atoms with Crippen molar-refractivity contribution in [1.82, 2.24) is 0 Å². The summed E-state index contributed by atoms with van der Waals surface area (Å²) in [6.45, 7) is 3.18. The molecule has 2 aromatic rings. The highest BCUT2D eigenvalue weighted by atomic mass is 35.5. The van der Waals surface area contributed by atoms with Crippen molar-refractivity contribution in [2.75, 3.05) is 11.1 Å². The van der Waals surface area contributed by atoms with E-state index in [9.17, 15) is 13.8 Å². The van der Waals surface area contributed by atoms with E-state index in [0.717, 1.165) is 0 Å². The van der Waals surface area contributed by atoms with Gasteiger partial charge in [0.05, 0.1) is 31.8 Å². The number of nitrogens with one attached hydrogen (secondary N) is 1. The minimum absolute atomic E-state index is 0.166. The quantitative estimate of drug-likeness (QED) is 0.743. The Balaban J connectivity index is 2.09. The Kier molecular flexibility index (Phi) is 7.11. The Morgan fingerprint density at radius 1 is 1.30 bits per heavy atom. The third-order valence-electron chi connectivity index (χ3n) is 3.62. The Hall–Kier alpha value is -2.69. The Morgan fingerprint density at radius 3 is 2.63 bits per heavy atom. The fourth-order valence-electron chi connectivity index (χ4n) is 2.19. The predicted octanol–water partition coefficient (Wildman–Crippen LogP) is 3.52. The van der Waals surface area contributed by atoms with Crippen LogP contribution in [0.5, 0.6) is 0 Å². The standard InChI is InChI=1S/C19H17ClN2O4S/c1-3-27(25)17-7-5-4-6-15(17)19(24)26-12(2)18(23)22-14-9-8-13(11-21)16(20)10-14/h4-10,12H,3H2,1-2H3,(H,22,23)/t12-,27-/m1/s1. The number of amides is 1. The van der Waals surface area contributed by atoms with Crippen molar-refractivity contribution in [2.24, 2.45) is 0 Å². The number of rotatable bonds is 6. The first-order valence-electron chi connectivity index (χ1n) is 8.06. The first kappa shape index (κ1) is 20.6. The molecule has 0 bridgehead atoms. The summed E-state index contributed by atoms with van der Waals surface area (Å²) in [4.78, 5) is 25.0. The van der Waals surface area contributed by atoms with Gasteiger partial charge in [-0.3, -0.25) is 9.00 Å². The van der Waals surface area contributed by atoms with E-state index in [4.69, 9.17) is 21.6 Å². The zero-order valence-electron chi connectivity index (χ0n) is 14.7. The van der Waals surface area contributed by atoms with Crippen LogP contribution in [0.3, 0.4) is 0 Å². The molecular weight excluding hydrogens is 388 g/mol. The number of halogens is 1. The van der Waals surface area contributed by atoms with Gasteiger partial charge in [0.2, 0.25) is 0 Å². The smallest absolute Gasteiger partial charge is 0.340 e. The van der Waals surface area contributed by atoms with Crippen molar-refractivity contribution in [2.45, 2.75) is 24.8 Å². The second-order valence-corrected chi connectivity index (χ2v) is 7.59. The van der Waals surface area contributed by atoms with E-state index in [1.807, 2.05) is 6.07 Å². The number of nitriles is 1. The van der Waals surface area contributed by atoms with Crippen LogP contribution < -0.4 is 5.32 Å². The molecule has 8 heteroatoms. The molecule has 0 aliphatic rings. The van der Waals surface area contributed by atoms with Crippen LogP contribution in [0, 0.1) is 11.3 Å². The minimum Gasteiger partial charge on any atom is -0.449 e. The van der Waals surface area contributed by atoms with Gasteiger partial charge >= 0.3 is 5.97 Å². The van der Waals surface area contributed by atoms with Gasteiger partial charge in [-0.05, 0) is 37.3 Å². The topological polar surface area (TPSA) is 96.3 Å². The summed E-state index contributed by atoms with van der Waals surface area (Å²) in [5, 5.41) is 11.6. The number of hydrogen-bond acceptors (Lipinski definition) is 5. The summed E-state index contributed by atoms with van der Waals surface area (Å²) in [5.74, 6) is -0.925. The maximum absolute atomic E-state index is 12.4. The molecule has 0 heterocycles. The summed E-state index contributed by atoms with van der Waals surface area (Å²) in [6.07, 6.45) is -1.09. The molecule has 1 N–H and O–H groups in total. The van der Waals surface area contributed by atoms with E-state index in [1.165, 1.54) is 31.2 Å². The van der Waals surface area contributed by atoms with Crippen LogP contribution in [-0.2, 0) is 20.3 Å². The molecule has 1 amide bonds. The average molecular weight is 405 g/mol. The third-order valence-corrected chi connectivity index (χ3v) is 5.31. The highest BCUT2D eigenvalue weighted by Gasteiger charge is 2.22. The third kappa shape index (κ3) is 5.16. The normalized spacial score (nSPS) is 12.5. The maximum Gasteiger partial charge on any atom is 0.340 e. The summed E-state index contributed by atoms with van der Waals surface area (Å²) in [6, 6.07) is 12.8. The van der Waals surface area contributed by atoms with Gasteiger partial charge in [0, 0.05) is 11.4 Å². The maximum atomic E-state index is 12.4. The number of esters is 1. The number of anilines is 1. The van der Waals surface area contributed by atoms with Crippen LogP contribution in [0.25, 0.3) is 0 Å². The van der Waals surface area contributed by atoms with Gasteiger partial charge < -0.3 is 10.1 Å². The van der Waals surface area contributed by atoms with E-state index in [2.05, 4.69) is 5.32 Å². The first-order chi connectivity index (χ1) is 12.9. The summed E-state index contributed by atoms with van der Waals surface area (Å²) >= 11 is 5.93. The SMILES string of the molecule is CC[S@@](=O)c1ccccc1C(=O)O[C@H](C)C(=O)Nc1ccc(C#N)c(Cl)c1. The lowest BCUT2D eigenvalue weighted by Gasteiger charge is -2.15. The zero-order chi connectivity index (χ0) is 20.0. The molecule has 0 unspecified atom stereocenters. The Bertz CT molecular complexity index is 940. The molecule has 0 aromatic heterocycles. The van der Waals surface area contributed by atoms with Gasteiger partial charge in [-0.15, -0.1) is 0 Å². The highest BCUT2D eigenvalue weighted by molar-refractivity contribution is 7.85. The van der Waals surface area contributed by atoms with Crippen LogP contribution in [0.1, 0.15) is 29.8 Å². The Labute approximate surface area is 164 Å². The molecule has 0 saturated heterocycles. The van der Waals surface area contributed by atoms with Crippen LogP contribution in [0.15, 0.2) is 47.4 Å². The largest absolute Gasteiger partial charge is 0.449 e. The van der Waals surface area contributed by atoms with E-state index >= 15 is 0 Å². The number of nitrogens with zero attached hydrogens (tertiary/aromatic N) is 1. The fraction of sp³-hybridized carbons (Fsp3) is 0.211. The number of benzene rings is 2. The van der Waals surface area contributed by atoms with E-state index < -0.39 is 28.8 Å². The number of carbonyl (C=O) groups is 2. The van der Waals surface area contributed by atoms with Gasteiger partial charge in [-0.2, -0.15) is 5.26 Å². The second kappa shape index (κ2) is 9.31. The molecule has 6 nitrogen and oxygen atoms in total. The molecule has 140 valence electrons. The lowest BCUT2D eigenvalue weighted by atomic mass is 10.2. The number of ether oxygens (including phenoxy) is 1. The van der Waals surface area contributed by atoms with Gasteiger partial charge in [0.25, 0.3) is 5.91 Å². The fourth-order valence-corrected chi connectivity index (χ4v) is 3.36. The van der Waals surface area contributed by atoms with Gasteiger partial charge in [-0.1, -0.05) is 30.7 Å². The predicted molar refractivity (Wildman–Crippen MR) is 103 cm³/mol. The van der Waals surface area contributed by atoms with Crippen molar-refractivity contribution in [1.29, 1.82) is 5.26 Å². The average Bonchev–Trinajstić information content (AvgIpc) is 2.67. The molecule has 2 rings (SSSR count). The highest BCUT2D eigenvalue weighted by Crippen LogP contribution is 2.21. The van der Waals surface area contributed by atoms with E-state index in [-0.39, 0.29) is 16.1 Å². The minimum atomic E-state index is -1.33. The zero-order valence-corrected chi connectivity index (χ0v) is 16.3. The molecule has 2 atom stereocenters. The van der Waals surface area contributed by atoms with Gasteiger partial charge in [0.15, 0.2) is 6.10 Å². The monoisotopic (exact) mass is 404 g/mol. The van der Waals surface area contributed by atoms with Crippen LogP contribution >= 0.6 is 11.6 Å².